The Hall–Kier alpha value is -1.84. The Bertz CT molecular complexity index is 581. The van der Waals surface area contributed by atoms with Gasteiger partial charge in [-0.3, -0.25) is 11.3 Å². The van der Waals surface area contributed by atoms with E-state index < -0.39 is 0 Å². The van der Waals surface area contributed by atoms with Crippen LogP contribution in [-0.2, 0) is 6.42 Å². The summed E-state index contributed by atoms with van der Waals surface area (Å²) < 4.78 is 5.37. The average Bonchev–Trinajstić information content (AvgIpc) is 2.51. The van der Waals surface area contributed by atoms with E-state index in [9.17, 15) is 0 Å². The average molecular weight is 284 g/mol. The smallest absolute Gasteiger partial charge is 0.122 e. The summed E-state index contributed by atoms with van der Waals surface area (Å²) >= 11 is 0. The van der Waals surface area contributed by atoms with E-state index in [4.69, 9.17) is 10.6 Å². The number of nitrogens with two attached hydrogens (primary N) is 1. The van der Waals surface area contributed by atoms with Gasteiger partial charge in [0, 0.05) is 6.04 Å². The minimum Gasteiger partial charge on any atom is -0.496 e. The molecule has 0 aliphatic heterocycles. The van der Waals surface area contributed by atoms with Gasteiger partial charge < -0.3 is 4.74 Å². The number of rotatable bonds is 6. The molecule has 0 bridgehead atoms. The third-order valence-electron chi connectivity index (χ3n) is 3.92. The first-order valence-corrected chi connectivity index (χ1v) is 7.31. The summed E-state index contributed by atoms with van der Waals surface area (Å²) in [6, 6.07) is 14.9. The van der Waals surface area contributed by atoms with E-state index in [0.29, 0.717) is 0 Å². The lowest BCUT2D eigenvalue weighted by atomic mass is 9.94. The van der Waals surface area contributed by atoms with E-state index in [-0.39, 0.29) is 6.04 Å². The molecular formula is C18H24N2O. The van der Waals surface area contributed by atoms with Crippen LogP contribution in [0.4, 0.5) is 0 Å². The van der Waals surface area contributed by atoms with Crippen LogP contribution in [0.25, 0.3) is 0 Å². The van der Waals surface area contributed by atoms with Crippen molar-refractivity contribution in [2.24, 2.45) is 5.84 Å². The molecule has 0 amide bonds. The first-order chi connectivity index (χ1) is 10.2. The van der Waals surface area contributed by atoms with Crippen LogP contribution in [0.1, 0.15) is 34.7 Å². The lowest BCUT2D eigenvalue weighted by Gasteiger charge is -2.20. The summed E-state index contributed by atoms with van der Waals surface area (Å²) in [5.74, 6) is 6.70. The first-order valence-electron chi connectivity index (χ1n) is 7.31. The van der Waals surface area contributed by atoms with Crippen molar-refractivity contribution in [1.29, 1.82) is 0 Å². The molecule has 0 aromatic heterocycles. The summed E-state index contributed by atoms with van der Waals surface area (Å²) in [6.45, 7) is 4.16. The number of methoxy groups -OCH3 is 1. The van der Waals surface area contributed by atoms with Gasteiger partial charge >= 0.3 is 0 Å². The van der Waals surface area contributed by atoms with Gasteiger partial charge in [-0.05, 0) is 55.0 Å². The quantitative estimate of drug-likeness (QED) is 0.631. The number of hydrogen-bond donors (Lipinski definition) is 2. The lowest BCUT2D eigenvalue weighted by molar-refractivity contribution is 0.410. The topological polar surface area (TPSA) is 47.3 Å². The lowest BCUT2D eigenvalue weighted by Crippen LogP contribution is -2.29. The van der Waals surface area contributed by atoms with Crippen molar-refractivity contribution in [1.82, 2.24) is 5.43 Å². The van der Waals surface area contributed by atoms with Crippen LogP contribution in [0, 0.1) is 13.8 Å². The van der Waals surface area contributed by atoms with Crippen LogP contribution in [0.15, 0.2) is 42.5 Å². The minimum absolute atomic E-state index is 0.148. The summed E-state index contributed by atoms with van der Waals surface area (Å²) in [4.78, 5) is 0. The maximum Gasteiger partial charge on any atom is 0.122 e. The fourth-order valence-electron chi connectivity index (χ4n) is 2.69. The van der Waals surface area contributed by atoms with Gasteiger partial charge in [0.25, 0.3) is 0 Å². The first kappa shape index (κ1) is 15.5. The molecule has 0 saturated heterocycles. The van der Waals surface area contributed by atoms with E-state index in [2.05, 4.69) is 55.7 Å². The number of hydrogen-bond acceptors (Lipinski definition) is 3. The SMILES string of the molecule is COc1cc(C)c(C(CCc2ccccc2)NN)cc1C. The molecule has 0 fully saturated rings. The number of benzene rings is 2. The van der Waals surface area contributed by atoms with Gasteiger partial charge in [0.1, 0.15) is 5.75 Å². The predicted molar refractivity (Wildman–Crippen MR) is 87.3 cm³/mol. The van der Waals surface area contributed by atoms with Crippen molar-refractivity contribution in [3.05, 3.63) is 64.7 Å². The highest BCUT2D eigenvalue weighted by atomic mass is 16.5. The maximum absolute atomic E-state index is 5.78. The molecule has 2 aromatic carbocycles. The Balaban J connectivity index is 2.16. The molecule has 21 heavy (non-hydrogen) atoms. The molecule has 0 aliphatic carbocycles. The molecule has 0 aliphatic rings. The van der Waals surface area contributed by atoms with Crippen molar-refractivity contribution in [2.75, 3.05) is 7.11 Å². The second kappa shape index (κ2) is 7.25. The van der Waals surface area contributed by atoms with Crippen molar-refractivity contribution in [3.8, 4) is 5.75 Å². The van der Waals surface area contributed by atoms with Gasteiger partial charge in [-0.15, -0.1) is 0 Å². The zero-order chi connectivity index (χ0) is 15.2. The molecule has 1 unspecified atom stereocenters. The Labute approximate surface area is 127 Å². The molecular weight excluding hydrogens is 260 g/mol. The molecule has 0 saturated carbocycles. The molecule has 0 radical (unpaired) electrons. The standard InChI is InChI=1S/C18H24N2O/c1-13-12-18(21-3)14(2)11-16(13)17(20-19)10-9-15-7-5-4-6-8-15/h4-8,11-12,17,20H,9-10,19H2,1-3H3. The minimum atomic E-state index is 0.148. The van der Waals surface area contributed by atoms with Crippen molar-refractivity contribution >= 4 is 0 Å². The molecule has 2 rings (SSSR count). The highest BCUT2D eigenvalue weighted by Gasteiger charge is 2.14. The van der Waals surface area contributed by atoms with Crippen molar-refractivity contribution < 1.29 is 4.74 Å². The second-order valence-electron chi connectivity index (χ2n) is 5.42. The van der Waals surface area contributed by atoms with Gasteiger partial charge in [0.2, 0.25) is 0 Å². The predicted octanol–water partition coefficient (Wildman–Crippen LogP) is 3.45. The molecule has 2 aromatic rings. The van der Waals surface area contributed by atoms with E-state index in [0.717, 1.165) is 24.2 Å². The number of ether oxygens (including phenoxy) is 1. The summed E-state index contributed by atoms with van der Waals surface area (Å²) in [6.07, 6.45) is 1.97. The maximum atomic E-state index is 5.78. The molecule has 3 heteroatoms. The normalized spacial score (nSPS) is 12.2. The van der Waals surface area contributed by atoms with Gasteiger partial charge in [-0.25, -0.2) is 0 Å². The fourth-order valence-corrected chi connectivity index (χ4v) is 2.69. The molecule has 3 N–H and O–H groups in total. The van der Waals surface area contributed by atoms with Gasteiger partial charge in [0.05, 0.1) is 7.11 Å². The summed E-state index contributed by atoms with van der Waals surface area (Å²) in [7, 11) is 1.70. The van der Waals surface area contributed by atoms with Gasteiger partial charge in [-0.2, -0.15) is 0 Å². The van der Waals surface area contributed by atoms with Gasteiger partial charge in [0.15, 0.2) is 0 Å². The third-order valence-corrected chi connectivity index (χ3v) is 3.92. The Kier molecular flexibility index (Phi) is 5.37. The van der Waals surface area contributed by atoms with E-state index in [1.54, 1.807) is 7.11 Å². The molecule has 1 atom stereocenters. The largest absolute Gasteiger partial charge is 0.496 e. The number of nitrogens with one attached hydrogen (secondary N) is 1. The summed E-state index contributed by atoms with van der Waals surface area (Å²) in [5, 5.41) is 0. The zero-order valence-electron chi connectivity index (χ0n) is 13.0. The monoisotopic (exact) mass is 284 g/mol. The van der Waals surface area contributed by atoms with E-state index >= 15 is 0 Å². The van der Waals surface area contributed by atoms with Crippen LogP contribution in [0.5, 0.6) is 5.75 Å². The van der Waals surface area contributed by atoms with E-state index in [1.807, 2.05) is 6.07 Å². The second-order valence-corrected chi connectivity index (χ2v) is 5.42. The highest BCUT2D eigenvalue weighted by Crippen LogP contribution is 2.28. The Morgan fingerprint density at radius 2 is 1.81 bits per heavy atom. The Morgan fingerprint density at radius 1 is 1.10 bits per heavy atom. The van der Waals surface area contributed by atoms with Gasteiger partial charge in [-0.1, -0.05) is 36.4 Å². The van der Waals surface area contributed by atoms with Crippen LogP contribution in [0.3, 0.4) is 0 Å². The van der Waals surface area contributed by atoms with Crippen LogP contribution >= 0.6 is 0 Å². The van der Waals surface area contributed by atoms with Crippen LogP contribution in [-0.4, -0.2) is 7.11 Å². The van der Waals surface area contributed by atoms with Crippen LogP contribution in [0.2, 0.25) is 0 Å². The third kappa shape index (κ3) is 3.84. The van der Waals surface area contributed by atoms with Crippen molar-refractivity contribution in [2.45, 2.75) is 32.7 Å². The number of hydrazine groups is 1. The molecule has 0 heterocycles. The molecule has 0 spiro atoms. The highest BCUT2D eigenvalue weighted by molar-refractivity contribution is 5.42. The zero-order valence-corrected chi connectivity index (χ0v) is 13.0. The Morgan fingerprint density at radius 3 is 2.43 bits per heavy atom. The molecule has 3 nitrogen and oxygen atoms in total. The van der Waals surface area contributed by atoms with Crippen LogP contribution < -0.4 is 16.0 Å². The van der Waals surface area contributed by atoms with E-state index in [1.165, 1.54) is 16.7 Å². The molecule has 112 valence electrons. The van der Waals surface area contributed by atoms with Crippen molar-refractivity contribution in [3.63, 3.8) is 0 Å². The number of aryl methyl sites for hydroxylation is 3. The summed E-state index contributed by atoms with van der Waals surface area (Å²) in [5.41, 5.74) is 7.87. The fraction of sp³-hybridized carbons (Fsp3) is 0.333.